The Morgan fingerprint density at radius 3 is 2.50 bits per heavy atom. The van der Waals surface area contributed by atoms with Crippen LogP contribution in [0.2, 0.25) is 0 Å². The van der Waals surface area contributed by atoms with Gasteiger partial charge in [-0.1, -0.05) is 24.3 Å². The summed E-state index contributed by atoms with van der Waals surface area (Å²) in [6.07, 6.45) is -2.37. The highest BCUT2D eigenvalue weighted by molar-refractivity contribution is 5.85. The SMILES string of the molecule is C=CC[C@H](c1ccccc1OC(F)(F)F)N1CCNCC1.Cl. The molecule has 0 spiro atoms. The van der Waals surface area contributed by atoms with Gasteiger partial charge in [-0.15, -0.1) is 32.2 Å². The summed E-state index contributed by atoms with van der Waals surface area (Å²) in [7, 11) is 0. The predicted molar refractivity (Wildman–Crippen MR) is 82.4 cm³/mol. The monoisotopic (exact) mass is 336 g/mol. The molecule has 1 heterocycles. The summed E-state index contributed by atoms with van der Waals surface area (Å²) in [4.78, 5) is 2.16. The van der Waals surface area contributed by atoms with Crippen molar-refractivity contribution < 1.29 is 17.9 Å². The third kappa shape index (κ3) is 5.19. The first-order valence-electron chi connectivity index (χ1n) is 6.91. The Morgan fingerprint density at radius 2 is 1.91 bits per heavy atom. The lowest BCUT2D eigenvalue weighted by Gasteiger charge is -2.35. The number of ether oxygens (including phenoxy) is 1. The fourth-order valence-electron chi connectivity index (χ4n) is 2.60. The second-order valence-electron chi connectivity index (χ2n) is 4.91. The number of para-hydroxylation sites is 1. The first kappa shape index (κ1) is 18.8. The van der Waals surface area contributed by atoms with E-state index in [1.807, 2.05) is 0 Å². The lowest BCUT2D eigenvalue weighted by atomic mass is 10.00. The summed E-state index contributed by atoms with van der Waals surface area (Å²) < 4.78 is 41.8. The molecule has 0 aliphatic carbocycles. The van der Waals surface area contributed by atoms with Crippen LogP contribution in [-0.4, -0.2) is 37.4 Å². The number of hydrogen-bond acceptors (Lipinski definition) is 3. The molecule has 7 heteroatoms. The third-order valence-corrected chi connectivity index (χ3v) is 3.49. The molecule has 0 saturated carbocycles. The molecule has 1 N–H and O–H groups in total. The highest BCUT2D eigenvalue weighted by atomic mass is 35.5. The summed E-state index contributed by atoms with van der Waals surface area (Å²) in [5.41, 5.74) is 0.552. The van der Waals surface area contributed by atoms with Gasteiger partial charge in [0.2, 0.25) is 0 Å². The van der Waals surface area contributed by atoms with Crippen molar-refractivity contribution in [3.63, 3.8) is 0 Å². The lowest BCUT2D eigenvalue weighted by molar-refractivity contribution is -0.275. The molecule has 0 unspecified atom stereocenters. The topological polar surface area (TPSA) is 24.5 Å². The van der Waals surface area contributed by atoms with Crippen LogP contribution in [0.1, 0.15) is 18.0 Å². The number of halogens is 4. The molecule has 1 aliphatic rings. The number of benzene rings is 1. The van der Waals surface area contributed by atoms with E-state index in [9.17, 15) is 13.2 Å². The third-order valence-electron chi connectivity index (χ3n) is 3.49. The largest absolute Gasteiger partial charge is 0.573 e. The van der Waals surface area contributed by atoms with Gasteiger partial charge in [0.25, 0.3) is 0 Å². The van der Waals surface area contributed by atoms with E-state index in [1.165, 1.54) is 6.07 Å². The Balaban J connectivity index is 0.00000242. The van der Waals surface area contributed by atoms with Crippen molar-refractivity contribution in [2.24, 2.45) is 0 Å². The molecule has 1 fully saturated rings. The van der Waals surface area contributed by atoms with Gasteiger partial charge in [-0.05, 0) is 12.5 Å². The Labute approximate surface area is 134 Å². The van der Waals surface area contributed by atoms with E-state index in [1.54, 1.807) is 24.3 Å². The van der Waals surface area contributed by atoms with E-state index in [-0.39, 0.29) is 24.2 Å². The molecule has 1 aliphatic heterocycles. The van der Waals surface area contributed by atoms with Gasteiger partial charge in [0.05, 0.1) is 0 Å². The van der Waals surface area contributed by atoms with E-state index in [2.05, 4.69) is 21.5 Å². The Morgan fingerprint density at radius 1 is 1.27 bits per heavy atom. The number of hydrogen-bond donors (Lipinski definition) is 1. The van der Waals surface area contributed by atoms with Crippen molar-refractivity contribution in [1.82, 2.24) is 10.2 Å². The molecule has 0 aromatic heterocycles. The van der Waals surface area contributed by atoms with Gasteiger partial charge >= 0.3 is 6.36 Å². The zero-order chi connectivity index (χ0) is 15.3. The van der Waals surface area contributed by atoms with E-state index in [0.29, 0.717) is 12.0 Å². The number of alkyl halides is 3. The normalized spacial score (nSPS) is 17.4. The van der Waals surface area contributed by atoms with Crippen molar-refractivity contribution >= 4 is 12.4 Å². The summed E-state index contributed by atoms with van der Waals surface area (Å²) in [6, 6.07) is 6.19. The quantitative estimate of drug-likeness (QED) is 0.833. The van der Waals surface area contributed by atoms with E-state index >= 15 is 0 Å². The molecule has 0 radical (unpaired) electrons. The molecule has 124 valence electrons. The van der Waals surface area contributed by atoms with Crippen LogP contribution in [0, 0.1) is 0 Å². The van der Waals surface area contributed by atoms with Crippen molar-refractivity contribution in [3.8, 4) is 5.75 Å². The molecule has 1 aromatic carbocycles. The molecule has 3 nitrogen and oxygen atoms in total. The van der Waals surface area contributed by atoms with Gasteiger partial charge in [0, 0.05) is 37.8 Å². The molecular weight excluding hydrogens is 317 g/mol. The molecule has 2 rings (SSSR count). The van der Waals surface area contributed by atoms with Crippen LogP contribution < -0.4 is 10.1 Å². The first-order chi connectivity index (χ1) is 10.0. The zero-order valence-corrected chi connectivity index (χ0v) is 12.9. The average molecular weight is 337 g/mol. The smallest absolute Gasteiger partial charge is 0.405 e. The number of nitrogens with zero attached hydrogens (tertiary/aromatic N) is 1. The highest BCUT2D eigenvalue weighted by Gasteiger charge is 2.33. The van der Waals surface area contributed by atoms with E-state index in [4.69, 9.17) is 0 Å². The highest BCUT2D eigenvalue weighted by Crippen LogP contribution is 2.35. The zero-order valence-electron chi connectivity index (χ0n) is 12.1. The van der Waals surface area contributed by atoms with E-state index < -0.39 is 6.36 Å². The fraction of sp³-hybridized carbons (Fsp3) is 0.467. The van der Waals surface area contributed by atoms with Gasteiger partial charge in [-0.25, -0.2) is 0 Å². The maximum absolute atomic E-state index is 12.5. The van der Waals surface area contributed by atoms with Crippen LogP contribution in [0.15, 0.2) is 36.9 Å². The van der Waals surface area contributed by atoms with Gasteiger partial charge in [0.15, 0.2) is 0 Å². The molecule has 0 amide bonds. The average Bonchev–Trinajstić information content (AvgIpc) is 2.45. The number of piperazine rings is 1. The van der Waals surface area contributed by atoms with Crippen LogP contribution in [0.3, 0.4) is 0 Å². The molecule has 1 saturated heterocycles. The van der Waals surface area contributed by atoms with Crippen molar-refractivity contribution in [3.05, 3.63) is 42.5 Å². The Hall–Kier alpha value is -1.24. The van der Waals surface area contributed by atoms with Crippen molar-refractivity contribution in [1.29, 1.82) is 0 Å². The van der Waals surface area contributed by atoms with Crippen LogP contribution in [0.5, 0.6) is 5.75 Å². The fourth-order valence-corrected chi connectivity index (χ4v) is 2.60. The van der Waals surface area contributed by atoms with Crippen LogP contribution >= 0.6 is 12.4 Å². The van der Waals surface area contributed by atoms with E-state index in [0.717, 1.165) is 26.2 Å². The van der Waals surface area contributed by atoms with Gasteiger partial charge in [0.1, 0.15) is 5.75 Å². The van der Waals surface area contributed by atoms with Crippen LogP contribution in [-0.2, 0) is 0 Å². The van der Waals surface area contributed by atoms with Gasteiger partial charge in [-0.3, -0.25) is 4.90 Å². The molecule has 1 atom stereocenters. The van der Waals surface area contributed by atoms with Gasteiger partial charge in [-0.2, -0.15) is 0 Å². The van der Waals surface area contributed by atoms with Crippen LogP contribution in [0.25, 0.3) is 0 Å². The predicted octanol–water partition coefficient (Wildman–Crippen LogP) is 3.53. The molecule has 0 bridgehead atoms. The van der Waals surface area contributed by atoms with Crippen LogP contribution in [0.4, 0.5) is 13.2 Å². The standard InChI is InChI=1S/C15H19F3N2O.ClH/c1-2-5-13(20-10-8-19-9-11-20)12-6-3-4-7-14(12)21-15(16,17)18;/h2-4,6-7,13,19H,1,5,8-11H2;1H/t13-;/m1./s1. The maximum atomic E-state index is 12.5. The minimum atomic E-state index is -4.68. The minimum Gasteiger partial charge on any atom is -0.405 e. The van der Waals surface area contributed by atoms with Crippen molar-refractivity contribution in [2.75, 3.05) is 26.2 Å². The number of rotatable bonds is 5. The molecule has 22 heavy (non-hydrogen) atoms. The second-order valence-corrected chi connectivity index (χ2v) is 4.91. The Bertz CT molecular complexity index is 476. The first-order valence-corrected chi connectivity index (χ1v) is 6.91. The summed E-state index contributed by atoms with van der Waals surface area (Å²) in [6.45, 7) is 6.96. The molecular formula is C15H20ClF3N2O. The Kier molecular flexibility index (Phi) is 7.19. The molecule has 1 aromatic rings. The number of nitrogens with one attached hydrogen (secondary N) is 1. The van der Waals surface area contributed by atoms with Crippen molar-refractivity contribution in [2.45, 2.75) is 18.8 Å². The minimum absolute atomic E-state index is 0. The summed E-state index contributed by atoms with van der Waals surface area (Å²) >= 11 is 0. The maximum Gasteiger partial charge on any atom is 0.573 e. The summed E-state index contributed by atoms with van der Waals surface area (Å²) in [5, 5.41) is 3.24. The second kappa shape index (κ2) is 8.41. The summed E-state index contributed by atoms with van der Waals surface area (Å²) in [5.74, 6) is -0.129. The van der Waals surface area contributed by atoms with Gasteiger partial charge < -0.3 is 10.1 Å². The lowest BCUT2D eigenvalue weighted by Crippen LogP contribution is -2.45.